The Kier molecular flexibility index (Phi) is 55.8. The minimum Gasteiger partial charge on any atom is -0.462 e. The van der Waals surface area contributed by atoms with E-state index in [1.807, 2.05) is 0 Å². The van der Waals surface area contributed by atoms with Crippen molar-refractivity contribution in [2.45, 2.75) is 303 Å². The molecular formula is C64H112O6. The van der Waals surface area contributed by atoms with Crippen molar-refractivity contribution in [2.24, 2.45) is 0 Å². The number of hydrogen-bond acceptors (Lipinski definition) is 6. The third-order valence-electron chi connectivity index (χ3n) is 12.9. The molecule has 0 amide bonds. The minimum atomic E-state index is -0.791. The fraction of sp³-hybridized carbons (Fsp3) is 0.766. The smallest absolute Gasteiger partial charge is 0.306 e. The molecule has 0 radical (unpaired) electrons. The summed E-state index contributed by atoms with van der Waals surface area (Å²) in [6, 6.07) is 0. The first-order valence-corrected chi connectivity index (χ1v) is 29.9. The minimum absolute atomic E-state index is 0.0880. The predicted octanol–water partition coefficient (Wildman–Crippen LogP) is 20.2. The molecule has 0 bridgehead atoms. The zero-order chi connectivity index (χ0) is 50.7. The van der Waals surface area contributed by atoms with Crippen molar-refractivity contribution in [1.29, 1.82) is 0 Å². The fourth-order valence-corrected chi connectivity index (χ4v) is 8.47. The monoisotopic (exact) mass is 977 g/mol. The summed E-state index contributed by atoms with van der Waals surface area (Å²) in [5.41, 5.74) is 0. The Labute approximate surface area is 433 Å². The molecule has 0 aliphatic heterocycles. The standard InChI is InChI=1S/C64H112O6/c1-4-7-10-13-16-19-22-25-28-31-32-34-36-39-42-45-48-51-54-57-63(66)69-60-61(59-68-62(65)56-53-50-47-44-41-38-35-30-27-24-21-18-15-12-9-6-3)70-64(67)58-55-52-49-46-43-40-37-33-29-26-23-20-17-14-11-8-5-2/h7,10,16,19,25,28,30,32,34-35,39,42,61H,4-6,8-9,11-15,17-18,20-24,26-27,29,31,33,36-38,40-41,43-60H2,1-3H3/b10-7-,19-16-,28-25-,34-32-,35-30-,42-39-/t61-/m1/s1. The maximum Gasteiger partial charge on any atom is 0.306 e. The van der Waals surface area contributed by atoms with Crippen LogP contribution < -0.4 is 0 Å². The van der Waals surface area contributed by atoms with Crippen LogP contribution in [0.2, 0.25) is 0 Å². The van der Waals surface area contributed by atoms with Crippen LogP contribution in [0.5, 0.6) is 0 Å². The van der Waals surface area contributed by atoms with Crippen LogP contribution in [0.4, 0.5) is 0 Å². The van der Waals surface area contributed by atoms with Gasteiger partial charge in [-0.3, -0.25) is 14.4 Å². The highest BCUT2D eigenvalue weighted by molar-refractivity contribution is 5.71. The second-order valence-corrected chi connectivity index (χ2v) is 19.9. The molecule has 0 rings (SSSR count). The van der Waals surface area contributed by atoms with Crippen LogP contribution in [0.3, 0.4) is 0 Å². The summed E-state index contributed by atoms with van der Waals surface area (Å²) in [5.74, 6) is -0.916. The zero-order valence-electron chi connectivity index (χ0n) is 46.3. The van der Waals surface area contributed by atoms with Gasteiger partial charge < -0.3 is 14.2 Å². The van der Waals surface area contributed by atoms with Crippen LogP contribution in [0.15, 0.2) is 72.9 Å². The third kappa shape index (κ3) is 55.8. The summed E-state index contributed by atoms with van der Waals surface area (Å²) in [7, 11) is 0. The van der Waals surface area contributed by atoms with E-state index in [2.05, 4.69) is 93.7 Å². The van der Waals surface area contributed by atoms with Crippen LogP contribution in [0.25, 0.3) is 0 Å². The number of esters is 3. The molecule has 0 aliphatic rings. The lowest BCUT2D eigenvalue weighted by Crippen LogP contribution is -2.30. The van der Waals surface area contributed by atoms with E-state index in [0.717, 1.165) is 103 Å². The van der Waals surface area contributed by atoms with Crippen LogP contribution >= 0.6 is 0 Å². The molecule has 6 nitrogen and oxygen atoms in total. The fourth-order valence-electron chi connectivity index (χ4n) is 8.47. The largest absolute Gasteiger partial charge is 0.462 e. The van der Waals surface area contributed by atoms with Gasteiger partial charge in [0, 0.05) is 19.3 Å². The lowest BCUT2D eigenvalue weighted by atomic mass is 10.0. The maximum atomic E-state index is 12.9. The summed E-state index contributed by atoms with van der Waals surface area (Å²) in [4.78, 5) is 38.2. The Hall–Kier alpha value is -3.15. The van der Waals surface area contributed by atoms with Crippen LogP contribution in [-0.2, 0) is 28.6 Å². The van der Waals surface area contributed by atoms with Crippen LogP contribution in [0.1, 0.15) is 297 Å². The first-order chi connectivity index (χ1) is 34.5. The number of hydrogen-bond donors (Lipinski definition) is 0. The van der Waals surface area contributed by atoms with Gasteiger partial charge in [0.15, 0.2) is 6.10 Å². The lowest BCUT2D eigenvalue weighted by Gasteiger charge is -2.18. The molecule has 0 fully saturated rings. The van der Waals surface area contributed by atoms with Gasteiger partial charge in [-0.1, -0.05) is 261 Å². The van der Waals surface area contributed by atoms with Crippen molar-refractivity contribution in [1.82, 2.24) is 0 Å². The summed E-state index contributed by atoms with van der Waals surface area (Å²) in [6.07, 6.45) is 74.6. The van der Waals surface area contributed by atoms with Gasteiger partial charge in [-0.15, -0.1) is 0 Å². The van der Waals surface area contributed by atoms with Gasteiger partial charge in [-0.25, -0.2) is 0 Å². The summed E-state index contributed by atoms with van der Waals surface area (Å²) in [6.45, 7) is 6.52. The maximum absolute atomic E-state index is 12.9. The Morgan fingerprint density at radius 3 is 0.900 bits per heavy atom. The number of allylic oxidation sites excluding steroid dienone is 12. The Balaban J connectivity index is 4.43. The van der Waals surface area contributed by atoms with Crippen molar-refractivity contribution in [3.05, 3.63) is 72.9 Å². The quantitative estimate of drug-likeness (QED) is 0.0261. The van der Waals surface area contributed by atoms with Gasteiger partial charge in [0.1, 0.15) is 13.2 Å². The zero-order valence-corrected chi connectivity index (χ0v) is 46.3. The number of unbranched alkanes of at least 4 members (excludes halogenated alkanes) is 31. The molecule has 0 aromatic heterocycles. The average molecular weight is 978 g/mol. The molecule has 0 unspecified atom stereocenters. The van der Waals surface area contributed by atoms with Gasteiger partial charge in [0.05, 0.1) is 0 Å². The summed E-state index contributed by atoms with van der Waals surface area (Å²) in [5, 5.41) is 0. The SMILES string of the molecule is CC/C=C\C/C=C\C/C=C\C/C=C\C/C=C\CCCCCC(=O)OC[C@@H](COC(=O)CCCCCCC/C=C\CCCCCCCCC)OC(=O)CCCCCCCCCCCCCCCCCCC. The highest BCUT2D eigenvalue weighted by Gasteiger charge is 2.19. The second-order valence-electron chi connectivity index (χ2n) is 19.9. The third-order valence-corrected chi connectivity index (χ3v) is 12.9. The Morgan fingerprint density at radius 1 is 0.300 bits per heavy atom. The molecule has 0 saturated carbocycles. The molecule has 1 atom stereocenters. The first-order valence-electron chi connectivity index (χ1n) is 29.9. The van der Waals surface area contributed by atoms with Crippen LogP contribution in [0, 0.1) is 0 Å². The normalized spacial score (nSPS) is 12.6. The van der Waals surface area contributed by atoms with Gasteiger partial charge >= 0.3 is 17.9 Å². The first kappa shape index (κ1) is 66.9. The van der Waals surface area contributed by atoms with E-state index >= 15 is 0 Å². The van der Waals surface area contributed by atoms with Crippen molar-refractivity contribution in [2.75, 3.05) is 13.2 Å². The topological polar surface area (TPSA) is 78.9 Å². The van der Waals surface area contributed by atoms with Gasteiger partial charge in [-0.2, -0.15) is 0 Å². The highest BCUT2D eigenvalue weighted by Crippen LogP contribution is 2.16. The van der Waals surface area contributed by atoms with E-state index in [1.165, 1.54) is 154 Å². The Bertz CT molecular complexity index is 1310. The molecule has 0 N–H and O–H groups in total. The number of rotatable bonds is 54. The van der Waals surface area contributed by atoms with E-state index in [0.29, 0.717) is 19.3 Å². The molecule has 0 spiro atoms. The van der Waals surface area contributed by atoms with E-state index in [1.54, 1.807) is 0 Å². The van der Waals surface area contributed by atoms with E-state index < -0.39 is 6.10 Å². The predicted molar refractivity (Wildman–Crippen MR) is 302 cm³/mol. The Morgan fingerprint density at radius 2 is 0.557 bits per heavy atom. The summed E-state index contributed by atoms with van der Waals surface area (Å²) >= 11 is 0. The molecule has 404 valence electrons. The summed E-state index contributed by atoms with van der Waals surface area (Å²) < 4.78 is 16.9. The average Bonchev–Trinajstić information content (AvgIpc) is 3.36. The second kappa shape index (κ2) is 58.4. The molecule has 0 aromatic carbocycles. The molecule has 70 heavy (non-hydrogen) atoms. The van der Waals surface area contributed by atoms with Crippen LogP contribution in [-0.4, -0.2) is 37.2 Å². The van der Waals surface area contributed by atoms with E-state index in [4.69, 9.17) is 14.2 Å². The van der Waals surface area contributed by atoms with Crippen molar-refractivity contribution in [3.63, 3.8) is 0 Å². The van der Waals surface area contributed by atoms with Gasteiger partial charge in [-0.05, 0) is 89.9 Å². The van der Waals surface area contributed by atoms with Crippen molar-refractivity contribution in [3.8, 4) is 0 Å². The lowest BCUT2D eigenvalue weighted by molar-refractivity contribution is -0.167. The molecule has 6 heteroatoms. The van der Waals surface area contributed by atoms with Gasteiger partial charge in [0.25, 0.3) is 0 Å². The van der Waals surface area contributed by atoms with Gasteiger partial charge in [0.2, 0.25) is 0 Å². The number of ether oxygens (including phenoxy) is 3. The van der Waals surface area contributed by atoms with Crippen molar-refractivity contribution >= 4 is 17.9 Å². The number of carbonyl (C=O) groups is 3. The van der Waals surface area contributed by atoms with E-state index in [-0.39, 0.29) is 31.1 Å². The molecule has 0 saturated heterocycles. The number of carbonyl (C=O) groups excluding carboxylic acids is 3. The molecular weight excluding hydrogens is 865 g/mol. The van der Waals surface area contributed by atoms with E-state index in [9.17, 15) is 14.4 Å². The molecule has 0 aliphatic carbocycles. The van der Waals surface area contributed by atoms with Crippen molar-refractivity contribution < 1.29 is 28.6 Å². The highest BCUT2D eigenvalue weighted by atomic mass is 16.6. The molecule has 0 heterocycles. The molecule has 0 aromatic rings.